The van der Waals surface area contributed by atoms with Gasteiger partial charge < -0.3 is 18.9 Å². The summed E-state index contributed by atoms with van der Waals surface area (Å²) in [5.74, 6) is 0.0161. The topological polar surface area (TPSA) is 118 Å². The van der Waals surface area contributed by atoms with Crippen molar-refractivity contribution in [2.24, 2.45) is 0 Å². The predicted octanol–water partition coefficient (Wildman–Crippen LogP) is 3.79. The first kappa shape index (κ1) is 24.3. The van der Waals surface area contributed by atoms with E-state index in [0.717, 1.165) is 11.3 Å². The molecular weight excluding hydrogens is 482 g/mol. The van der Waals surface area contributed by atoms with Crippen molar-refractivity contribution >= 4 is 34.0 Å². The smallest absolute Gasteiger partial charge is 0.295 e. The Labute approximate surface area is 205 Å². The molecule has 3 aromatic rings. The fourth-order valence-corrected chi connectivity index (χ4v) is 4.21. The highest BCUT2D eigenvalue weighted by Gasteiger charge is 2.29. The largest absolute Gasteiger partial charge is 0.494 e. The van der Waals surface area contributed by atoms with Gasteiger partial charge in [0, 0.05) is 23.0 Å². The number of nitrogens with one attached hydrogen (secondary N) is 1. The van der Waals surface area contributed by atoms with Crippen LogP contribution in [-0.2, 0) is 9.47 Å². The number of nitrogens with zero attached hydrogens (tertiary/aromatic N) is 4. The standard InChI is InChI=1S/C22H24ClN5O5S/c1-12-7-15(14-5-6-24-8-16(14)30-4)17(18(23)25-12)19(29)26-20-27-28-21(34-20)31-9-13-10-33-22(2,3)11-32-13/h5-8,13H,9-11H2,1-4H3,(H,26,27,29). The van der Waals surface area contributed by atoms with Crippen molar-refractivity contribution in [1.82, 2.24) is 20.2 Å². The van der Waals surface area contributed by atoms with Crippen molar-refractivity contribution in [3.05, 3.63) is 40.9 Å². The van der Waals surface area contributed by atoms with Crippen LogP contribution in [0.3, 0.4) is 0 Å². The van der Waals surface area contributed by atoms with Crippen LogP contribution >= 0.6 is 22.9 Å². The first-order valence-corrected chi connectivity index (χ1v) is 11.6. The molecule has 1 unspecified atom stereocenters. The van der Waals surface area contributed by atoms with Gasteiger partial charge in [-0.3, -0.25) is 15.1 Å². The summed E-state index contributed by atoms with van der Waals surface area (Å²) in [6, 6.07) is 3.51. The van der Waals surface area contributed by atoms with Crippen LogP contribution in [0, 0.1) is 6.92 Å². The molecule has 0 aromatic carbocycles. The third kappa shape index (κ3) is 5.61. The van der Waals surface area contributed by atoms with Gasteiger partial charge in [0.1, 0.15) is 23.6 Å². The summed E-state index contributed by atoms with van der Waals surface area (Å²) in [6.45, 7) is 6.90. The molecule has 3 aromatic heterocycles. The lowest BCUT2D eigenvalue weighted by Crippen LogP contribution is -2.44. The van der Waals surface area contributed by atoms with Crippen LogP contribution in [0.5, 0.6) is 10.9 Å². The Balaban J connectivity index is 1.48. The number of ether oxygens (including phenoxy) is 4. The molecule has 4 heterocycles. The van der Waals surface area contributed by atoms with Gasteiger partial charge in [0.15, 0.2) is 0 Å². The number of carbonyl (C=O) groups is 1. The molecule has 0 aliphatic carbocycles. The number of rotatable bonds is 7. The normalized spacial score (nSPS) is 17.3. The van der Waals surface area contributed by atoms with Crippen molar-refractivity contribution in [1.29, 1.82) is 0 Å². The Morgan fingerprint density at radius 3 is 2.91 bits per heavy atom. The Kier molecular flexibility index (Phi) is 7.27. The summed E-state index contributed by atoms with van der Waals surface area (Å²) in [6.07, 6.45) is 2.97. The van der Waals surface area contributed by atoms with Crippen molar-refractivity contribution in [3.63, 3.8) is 0 Å². The van der Waals surface area contributed by atoms with Gasteiger partial charge in [-0.15, -0.1) is 5.10 Å². The highest BCUT2D eigenvalue weighted by Crippen LogP contribution is 2.35. The van der Waals surface area contributed by atoms with E-state index in [-0.39, 0.29) is 34.2 Å². The summed E-state index contributed by atoms with van der Waals surface area (Å²) in [7, 11) is 1.53. The van der Waals surface area contributed by atoms with Crippen LogP contribution in [-0.4, -0.2) is 64.7 Å². The van der Waals surface area contributed by atoms with Crippen LogP contribution in [0.1, 0.15) is 29.9 Å². The molecular formula is C22H24ClN5O5S. The van der Waals surface area contributed by atoms with Gasteiger partial charge in [0.25, 0.3) is 11.1 Å². The lowest BCUT2D eigenvalue weighted by molar-refractivity contribution is -0.181. The lowest BCUT2D eigenvalue weighted by Gasteiger charge is -2.34. The van der Waals surface area contributed by atoms with Gasteiger partial charge in [-0.25, -0.2) is 4.98 Å². The molecule has 0 radical (unpaired) electrons. The van der Waals surface area contributed by atoms with Gasteiger partial charge in [0.2, 0.25) is 5.13 Å². The fraction of sp³-hybridized carbons (Fsp3) is 0.409. The molecule has 1 aliphatic heterocycles. The number of anilines is 1. The van der Waals surface area contributed by atoms with Gasteiger partial charge in [-0.1, -0.05) is 16.7 Å². The molecule has 4 rings (SSSR count). The quantitative estimate of drug-likeness (QED) is 0.478. The molecule has 1 N–H and O–H groups in total. The summed E-state index contributed by atoms with van der Waals surface area (Å²) in [5, 5.41) is 11.3. The number of amides is 1. The van der Waals surface area contributed by atoms with E-state index in [2.05, 4.69) is 25.5 Å². The van der Waals surface area contributed by atoms with E-state index in [9.17, 15) is 4.79 Å². The predicted molar refractivity (Wildman–Crippen MR) is 127 cm³/mol. The average molecular weight is 506 g/mol. The zero-order valence-corrected chi connectivity index (χ0v) is 20.7. The first-order valence-electron chi connectivity index (χ1n) is 10.4. The van der Waals surface area contributed by atoms with Crippen molar-refractivity contribution in [2.45, 2.75) is 32.5 Å². The van der Waals surface area contributed by atoms with Crippen molar-refractivity contribution < 1.29 is 23.7 Å². The van der Waals surface area contributed by atoms with Crippen LogP contribution in [0.4, 0.5) is 5.13 Å². The second-order valence-corrected chi connectivity index (χ2v) is 9.49. The molecule has 0 spiro atoms. The fourth-order valence-electron chi connectivity index (χ4n) is 3.29. The van der Waals surface area contributed by atoms with Crippen molar-refractivity contribution in [2.75, 3.05) is 32.2 Å². The van der Waals surface area contributed by atoms with Crippen LogP contribution in [0.15, 0.2) is 24.5 Å². The molecule has 1 amide bonds. The highest BCUT2D eigenvalue weighted by atomic mass is 35.5. The third-order valence-electron chi connectivity index (χ3n) is 4.97. The molecule has 1 aliphatic rings. The monoisotopic (exact) mass is 505 g/mol. The Hall–Kier alpha value is -2.86. The SMILES string of the molecule is COc1cnccc1-c1cc(C)nc(Cl)c1C(=O)Nc1nnc(OCC2COC(C)(C)CO2)s1. The molecule has 1 atom stereocenters. The summed E-state index contributed by atoms with van der Waals surface area (Å²) in [4.78, 5) is 21.5. The summed E-state index contributed by atoms with van der Waals surface area (Å²) in [5.41, 5.74) is 1.76. The molecule has 1 fully saturated rings. The first-order chi connectivity index (χ1) is 16.3. The zero-order valence-electron chi connectivity index (χ0n) is 19.1. The molecule has 10 nitrogen and oxygen atoms in total. The van der Waals surface area contributed by atoms with Crippen LogP contribution < -0.4 is 14.8 Å². The molecule has 0 saturated carbocycles. The third-order valence-corrected chi connectivity index (χ3v) is 6.00. The molecule has 180 valence electrons. The number of methoxy groups -OCH3 is 1. The Morgan fingerprint density at radius 2 is 2.18 bits per heavy atom. The van der Waals surface area contributed by atoms with E-state index in [1.54, 1.807) is 31.5 Å². The van der Waals surface area contributed by atoms with Gasteiger partial charge in [-0.2, -0.15) is 0 Å². The summed E-state index contributed by atoms with van der Waals surface area (Å²) < 4.78 is 22.6. The van der Waals surface area contributed by atoms with Gasteiger partial charge >= 0.3 is 0 Å². The van der Waals surface area contributed by atoms with E-state index in [1.165, 1.54) is 7.11 Å². The number of aryl methyl sites for hydroxylation is 1. The number of aromatic nitrogens is 4. The number of carbonyl (C=O) groups excluding carboxylic acids is 1. The lowest BCUT2D eigenvalue weighted by atomic mass is 10.0. The number of hydrogen-bond acceptors (Lipinski definition) is 10. The molecule has 0 bridgehead atoms. The molecule has 34 heavy (non-hydrogen) atoms. The average Bonchev–Trinajstić information content (AvgIpc) is 3.24. The Bertz CT molecular complexity index is 1180. The van der Waals surface area contributed by atoms with Gasteiger partial charge in [0.05, 0.1) is 37.7 Å². The Morgan fingerprint density at radius 1 is 1.35 bits per heavy atom. The maximum atomic E-state index is 13.2. The minimum absolute atomic E-state index is 0.0599. The number of pyridine rings is 2. The maximum Gasteiger partial charge on any atom is 0.295 e. The number of halogens is 1. The van der Waals surface area contributed by atoms with E-state index in [0.29, 0.717) is 41.0 Å². The summed E-state index contributed by atoms with van der Waals surface area (Å²) >= 11 is 7.48. The number of hydrogen-bond donors (Lipinski definition) is 1. The minimum atomic E-state index is -0.486. The van der Waals surface area contributed by atoms with E-state index in [4.69, 9.17) is 30.5 Å². The van der Waals surface area contributed by atoms with Crippen LogP contribution in [0.25, 0.3) is 11.1 Å². The van der Waals surface area contributed by atoms with E-state index in [1.807, 2.05) is 13.8 Å². The minimum Gasteiger partial charge on any atom is -0.494 e. The van der Waals surface area contributed by atoms with Gasteiger partial charge in [-0.05, 0) is 44.2 Å². The molecule has 12 heteroatoms. The maximum absolute atomic E-state index is 13.2. The van der Waals surface area contributed by atoms with E-state index < -0.39 is 5.91 Å². The molecule has 1 saturated heterocycles. The zero-order chi connectivity index (χ0) is 24.3. The van der Waals surface area contributed by atoms with Crippen LogP contribution in [0.2, 0.25) is 5.15 Å². The van der Waals surface area contributed by atoms with Crippen molar-refractivity contribution in [3.8, 4) is 22.1 Å². The second kappa shape index (κ2) is 10.2. The highest BCUT2D eigenvalue weighted by molar-refractivity contribution is 7.17. The second-order valence-electron chi connectivity index (χ2n) is 8.19. The van der Waals surface area contributed by atoms with E-state index >= 15 is 0 Å².